The molecule has 0 saturated carbocycles. The van der Waals surface area contributed by atoms with Gasteiger partial charge in [-0.1, -0.05) is 26.0 Å². The maximum Gasteiger partial charge on any atom is 0.494 e. The lowest BCUT2D eigenvalue weighted by Crippen LogP contribution is -2.60. The highest BCUT2D eigenvalue weighted by molar-refractivity contribution is 9.10. The number of amides is 2. The number of oxazole rings is 1. The monoisotopic (exact) mass is 920 g/mol. The molecule has 0 aliphatic carbocycles. The Morgan fingerprint density at radius 3 is 2.44 bits per heavy atom. The first kappa shape index (κ1) is 47.2. The zero-order valence-electron chi connectivity index (χ0n) is 38.1. The van der Waals surface area contributed by atoms with Gasteiger partial charge in [0.15, 0.2) is 0 Å². The summed E-state index contributed by atoms with van der Waals surface area (Å²) < 4.78 is 37.9. The number of alkyl carbamates (subject to hydrolysis) is 1. The van der Waals surface area contributed by atoms with E-state index in [4.69, 9.17) is 32.9 Å². The molecule has 4 aromatic rings. The Morgan fingerprint density at radius 1 is 1.10 bits per heavy atom. The number of nitrogens with zero attached hydrogens (tertiary/aromatic N) is 4. The van der Waals surface area contributed by atoms with E-state index >= 15 is 0 Å². The van der Waals surface area contributed by atoms with Crippen LogP contribution in [-0.4, -0.2) is 93.8 Å². The number of nitrogens with one attached hydrogen (secondary N) is 2. The minimum Gasteiger partial charge on any atom is -0.464 e. The molecule has 336 valence electrons. The minimum absolute atomic E-state index is 0.0359. The molecule has 3 atom stereocenters. The molecule has 17 heteroatoms. The Kier molecular flexibility index (Phi) is 14.0. The largest absolute Gasteiger partial charge is 0.494 e. The van der Waals surface area contributed by atoms with E-state index in [-0.39, 0.29) is 23.9 Å². The summed E-state index contributed by atoms with van der Waals surface area (Å²) in [6, 6.07) is 8.57. The summed E-state index contributed by atoms with van der Waals surface area (Å²) in [6.45, 7) is 22.8. The van der Waals surface area contributed by atoms with E-state index in [1.165, 1.54) is 11.3 Å². The molecule has 0 unspecified atom stereocenters. The Balaban J connectivity index is 1.25. The smallest absolute Gasteiger partial charge is 0.464 e. The molecule has 3 aromatic heterocycles. The second-order valence-electron chi connectivity index (χ2n) is 19.0. The third-order valence-corrected chi connectivity index (χ3v) is 12.2. The highest BCUT2D eigenvalue weighted by Gasteiger charge is 2.52. The van der Waals surface area contributed by atoms with Crippen LogP contribution in [0.4, 0.5) is 4.79 Å². The van der Waals surface area contributed by atoms with E-state index in [1.807, 2.05) is 40.7 Å². The number of benzene rings is 1. The van der Waals surface area contributed by atoms with Crippen LogP contribution in [0.15, 0.2) is 52.0 Å². The number of aromatic nitrogens is 3. The van der Waals surface area contributed by atoms with Crippen molar-refractivity contribution in [3.05, 3.63) is 64.5 Å². The quantitative estimate of drug-likeness (QED) is 0.0964. The van der Waals surface area contributed by atoms with Gasteiger partial charge in [-0.05, 0) is 111 Å². The van der Waals surface area contributed by atoms with E-state index in [0.717, 1.165) is 38.9 Å². The average Bonchev–Trinajstić information content (AvgIpc) is 3.83. The number of carbonyl (C=O) groups excluding carboxylic acids is 3. The number of fused-ring (bicyclic) bond motifs is 1. The SMILES string of the molecule is CCn1c(-c2cccnc2[C@H](C)OC)c(CC(C)(C)COC(=O)[C@@H]2CCCN(C(=O)[C@H](Cc3coc(Br)n3)NC(=O)OC(C)(C)C)N2)c2cc(B3OC(C)(C)C(C)(C)O3)ccc21. The molecule has 5 heterocycles. The lowest BCUT2D eigenvalue weighted by atomic mass is 9.77. The molecule has 6 rings (SSSR count). The minimum atomic E-state index is -1.06. The molecular formula is C45H62BBrN6O9. The molecule has 0 radical (unpaired) electrons. The van der Waals surface area contributed by atoms with Crippen LogP contribution in [0.5, 0.6) is 0 Å². The summed E-state index contributed by atoms with van der Waals surface area (Å²) >= 11 is 3.19. The summed E-state index contributed by atoms with van der Waals surface area (Å²) in [5.41, 5.74) is 7.05. The van der Waals surface area contributed by atoms with Crippen molar-refractivity contribution in [1.29, 1.82) is 0 Å². The van der Waals surface area contributed by atoms with Crippen molar-refractivity contribution in [3.8, 4) is 11.3 Å². The fourth-order valence-electron chi connectivity index (χ4n) is 7.87. The number of methoxy groups -OCH3 is 1. The summed E-state index contributed by atoms with van der Waals surface area (Å²) in [5, 5.41) is 5.10. The van der Waals surface area contributed by atoms with Gasteiger partial charge >= 0.3 is 19.2 Å². The fourth-order valence-corrected chi connectivity index (χ4v) is 8.19. The highest BCUT2D eigenvalue weighted by atomic mass is 79.9. The molecule has 62 heavy (non-hydrogen) atoms. The van der Waals surface area contributed by atoms with Crippen molar-refractivity contribution in [2.24, 2.45) is 5.41 Å². The highest BCUT2D eigenvalue weighted by Crippen LogP contribution is 2.41. The van der Waals surface area contributed by atoms with Crippen LogP contribution in [0.2, 0.25) is 0 Å². The van der Waals surface area contributed by atoms with Crippen LogP contribution in [0.3, 0.4) is 0 Å². The topological polar surface area (TPSA) is 169 Å². The van der Waals surface area contributed by atoms with Gasteiger partial charge in [-0.2, -0.15) is 0 Å². The Hall–Kier alpha value is -4.29. The molecule has 0 bridgehead atoms. The van der Waals surface area contributed by atoms with Gasteiger partial charge in [0.25, 0.3) is 10.7 Å². The summed E-state index contributed by atoms with van der Waals surface area (Å²) in [6.07, 6.45) is 3.75. The Bertz CT molecular complexity index is 2250. The number of halogens is 1. The molecule has 2 N–H and O–H groups in total. The van der Waals surface area contributed by atoms with Crippen LogP contribution in [0, 0.1) is 5.41 Å². The lowest BCUT2D eigenvalue weighted by Gasteiger charge is -2.35. The number of aryl methyl sites for hydroxylation is 1. The number of hydrogen-bond acceptors (Lipinski definition) is 12. The first-order valence-electron chi connectivity index (χ1n) is 21.4. The molecule has 2 saturated heterocycles. The maximum atomic E-state index is 14.0. The number of rotatable bonds is 14. The molecular weight excluding hydrogens is 859 g/mol. The zero-order valence-corrected chi connectivity index (χ0v) is 39.7. The number of carbonyl (C=O) groups is 3. The predicted molar refractivity (Wildman–Crippen MR) is 239 cm³/mol. The number of ether oxygens (including phenoxy) is 3. The first-order chi connectivity index (χ1) is 29.0. The second-order valence-corrected chi connectivity index (χ2v) is 19.7. The fraction of sp³-hybridized carbons (Fsp3) is 0.578. The van der Waals surface area contributed by atoms with Gasteiger partial charge in [0.05, 0.1) is 41.0 Å². The third kappa shape index (κ3) is 10.6. The van der Waals surface area contributed by atoms with Gasteiger partial charge in [0, 0.05) is 70.6 Å². The van der Waals surface area contributed by atoms with Gasteiger partial charge in [-0.3, -0.25) is 19.6 Å². The van der Waals surface area contributed by atoms with Crippen LogP contribution >= 0.6 is 15.9 Å². The van der Waals surface area contributed by atoms with Crippen LogP contribution in [-0.2, 0) is 52.5 Å². The maximum absolute atomic E-state index is 14.0. The van der Waals surface area contributed by atoms with Crippen LogP contribution < -0.4 is 16.2 Å². The van der Waals surface area contributed by atoms with Crippen molar-refractivity contribution >= 4 is 57.4 Å². The number of hydrazine groups is 1. The standard InChI is InChI=1S/C45H62BBrN6O9/c1-13-52-35-19-18-28(46-61-44(8,9)45(10,11)62-46)22-31(35)32(37(52)30-16-14-20-48-36(30)27(2)57-12)24-43(6,7)26-59-39(55)33-17-15-21-53(51-33)38(54)34(23-29-25-58-40(47)49-29)50-41(56)60-42(3,4)5/h14,16,18-20,22,25,27,33-34,51H,13,15,17,21,23-24,26H2,1-12H3,(H,50,56)/t27-,33-,34-/m0/s1. The van der Waals surface area contributed by atoms with Crippen LogP contribution in [0.25, 0.3) is 22.2 Å². The van der Waals surface area contributed by atoms with E-state index in [1.54, 1.807) is 34.1 Å². The zero-order chi connectivity index (χ0) is 45.4. The Labute approximate surface area is 373 Å². The third-order valence-electron chi connectivity index (χ3n) is 11.8. The molecule has 1 aromatic carbocycles. The molecule has 15 nitrogen and oxygen atoms in total. The van der Waals surface area contributed by atoms with Gasteiger partial charge in [0.2, 0.25) is 0 Å². The van der Waals surface area contributed by atoms with Gasteiger partial charge in [-0.15, -0.1) is 0 Å². The molecule has 0 spiro atoms. The second kappa shape index (κ2) is 18.4. The normalized spacial score (nSPS) is 18.8. The molecule has 2 amide bonds. The summed E-state index contributed by atoms with van der Waals surface area (Å²) in [4.78, 5) is 50.0. The van der Waals surface area contributed by atoms with Crippen molar-refractivity contribution in [2.75, 3.05) is 20.3 Å². The number of pyridine rings is 1. The van der Waals surface area contributed by atoms with Crippen LogP contribution in [0.1, 0.15) is 112 Å². The Morgan fingerprint density at radius 2 is 1.81 bits per heavy atom. The molecule has 2 aliphatic heterocycles. The van der Waals surface area contributed by atoms with E-state index in [9.17, 15) is 14.4 Å². The predicted octanol–water partition coefficient (Wildman–Crippen LogP) is 7.22. The summed E-state index contributed by atoms with van der Waals surface area (Å²) in [7, 11) is 1.13. The van der Waals surface area contributed by atoms with Gasteiger partial charge in [-0.25, -0.2) is 15.2 Å². The van der Waals surface area contributed by atoms with E-state index in [2.05, 4.69) is 81.3 Å². The van der Waals surface area contributed by atoms with E-state index in [0.29, 0.717) is 38.0 Å². The first-order valence-corrected chi connectivity index (χ1v) is 22.1. The van der Waals surface area contributed by atoms with Gasteiger partial charge in [0.1, 0.15) is 23.9 Å². The number of esters is 1. The average molecular weight is 922 g/mol. The van der Waals surface area contributed by atoms with Crippen molar-refractivity contribution in [1.82, 2.24) is 30.3 Å². The summed E-state index contributed by atoms with van der Waals surface area (Å²) in [5.74, 6) is -0.930. The van der Waals surface area contributed by atoms with Crippen molar-refractivity contribution in [3.63, 3.8) is 0 Å². The number of hydrogen-bond donors (Lipinski definition) is 2. The van der Waals surface area contributed by atoms with Crippen molar-refractivity contribution < 1.29 is 42.3 Å². The van der Waals surface area contributed by atoms with Crippen molar-refractivity contribution in [2.45, 2.75) is 143 Å². The van der Waals surface area contributed by atoms with Gasteiger partial charge < -0.3 is 37.8 Å². The molecule has 2 fully saturated rings. The van der Waals surface area contributed by atoms with E-state index < -0.39 is 59.4 Å². The molecule has 2 aliphatic rings. The lowest BCUT2D eigenvalue weighted by molar-refractivity contribution is -0.155.